The number of amides is 1. The van der Waals surface area contributed by atoms with E-state index in [4.69, 9.17) is 8.94 Å². The Bertz CT molecular complexity index is 841. The van der Waals surface area contributed by atoms with Gasteiger partial charge < -0.3 is 14.3 Å². The summed E-state index contributed by atoms with van der Waals surface area (Å²) in [6, 6.07) is 11.3. The first kappa shape index (κ1) is 16.9. The summed E-state index contributed by atoms with van der Waals surface area (Å²) in [6.45, 7) is 3.88. The van der Waals surface area contributed by atoms with Gasteiger partial charge in [-0.05, 0) is 20.9 Å². The molecule has 1 N–H and O–H groups in total. The Morgan fingerprint density at radius 3 is 2.76 bits per heavy atom. The van der Waals surface area contributed by atoms with Gasteiger partial charge in [-0.3, -0.25) is 9.69 Å². The minimum absolute atomic E-state index is 0.151. The van der Waals surface area contributed by atoms with E-state index in [-0.39, 0.29) is 18.5 Å². The van der Waals surface area contributed by atoms with E-state index in [9.17, 15) is 4.79 Å². The Morgan fingerprint density at radius 1 is 1.32 bits per heavy atom. The molecule has 7 nitrogen and oxygen atoms in total. The van der Waals surface area contributed by atoms with Crippen molar-refractivity contribution in [3.05, 3.63) is 54.2 Å². The van der Waals surface area contributed by atoms with Gasteiger partial charge >= 0.3 is 0 Å². The van der Waals surface area contributed by atoms with Gasteiger partial charge in [-0.1, -0.05) is 35.5 Å². The molecule has 0 spiro atoms. The van der Waals surface area contributed by atoms with Crippen LogP contribution in [0.25, 0.3) is 11.3 Å². The number of nitrogens with zero attached hydrogens (tertiary/aromatic N) is 3. The summed E-state index contributed by atoms with van der Waals surface area (Å²) in [5.41, 5.74) is 0.968. The number of likely N-dealkylation sites (N-methyl/N-ethyl adjacent to an activating group) is 1. The Hall–Kier alpha value is -2.93. The van der Waals surface area contributed by atoms with Crippen molar-refractivity contribution in [2.75, 3.05) is 18.9 Å². The van der Waals surface area contributed by atoms with Crippen LogP contribution in [0.4, 0.5) is 5.82 Å². The molecule has 0 aliphatic carbocycles. The van der Waals surface area contributed by atoms with E-state index in [0.29, 0.717) is 23.2 Å². The molecule has 0 radical (unpaired) electrons. The molecule has 1 amide bonds. The monoisotopic (exact) mass is 340 g/mol. The number of oxazole rings is 1. The third-order valence-corrected chi connectivity index (χ3v) is 3.89. The third-order valence-electron chi connectivity index (χ3n) is 3.89. The average Bonchev–Trinajstić information content (AvgIpc) is 3.24. The van der Waals surface area contributed by atoms with Crippen LogP contribution in [0.1, 0.15) is 24.6 Å². The van der Waals surface area contributed by atoms with E-state index in [1.807, 2.05) is 49.2 Å². The first-order valence-electron chi connectivity index (χ1n) is 7.97. The lowest BCUT2D eigenvalue weighted by molar-refractivity contribution is -0.117. The smallest absolute Gasteiger partial charge is 0.239 e. The summed E-state index contributed by atoms with van der Waals surface area (Å²) in [6.07, 6.45) is 1.70. The quantitative estimate of drug-likeness (QED) is 0.741. The highest BCUT2D eigenvalue weighted by Crippen LogP contribution is 2.25. The molecule has 7 heteroatoms. The number of carbonyl (C=O) groups is 1. The number of aromatic nitrogens is 2. The van der Waals surface area contributed by atoms with Crippen LogP contribution in [0.2, 0.25) is 0 Å². The SMILES string of the molecule is Cc1cc(NC(=O)CN(C)[C@@H](C)c2ncc(-c3ccccc3)o2)no1. The topological polar surface area (TPSA) is 84.4 Å². The molecule has 3 rings (SSSR count). The van der Waals surface area contributed by atoms with E-state index >= 15 is 0 Å². The lowest BCUT2D eigenvalue weighted by Gasteiger charge is -2.21. The van der Waals surface area contributed by atoms with E-state index < -0.39 is 0 Å². The summed E-state index contributed by atoms with van der Waals surface area (Å²) < 4.78 is 10.8. The van der Waals surface area contributed by atoms with Crippen LogP contribution in [0.3, 0.4) is 0 Å². The van der Waals surface area contributed by atoms with Crippen molar-refractivity contribution in [3.63, 3.8) is 0 Å². The number of aryl methyl sites for hydroxylation is 1. The number of carbonyl (C=O) groups excluding carboxylic acids is 1. The van der Waals surface area contributed by atoms with E-state index in [1.165, 1.54) is 0 Å². The normalized spacial score (nSPS) is 12.3. The maximum atomic E-state index is 12.1. The Labute approximate surface area is 145 Å². The van der Waals surface area contributed by atoms with Crippen LogP contribution in [-0.4, -0.2) is 34.5 Å². The highest BCUT2D eigenvalue weighted by molar-refractivity contribution is 5.91. The molecule has 2 aromatic heterocycles. The van der Waals surface area contributed by atoms with Crippen molar-refractivity contribution in [2.45, 2.75) is 19.9 Å². The second-order valence-electron chi connectivity index (χ2n) is 5.89. The molecular weight excluding hydrogens is 320 g/mol. The first-order valence-corrected chi connectivity index (χ1v) is 7.97. The summed E-state index contributed by atoms with van der Waals surface area (Å²) in [7, 11) is 1.84. The second kappa shape index (κ2) is 7.31. The molecule has 25 heavy (non-hydrogen) atoms. The molecule has 130 valence electrons. The molecule has 0 saturated heterocycles. The molecule has 1 aromatic carbocycles. The zero-order valence-electron chi connectivity index (χ0n) is 14.4. The molecule has 0 aliphatic rings. The van der Waals surface area contributed by atoms with Gasteiger partial charge in [0.05, 0.1) is 18.8 Å². The summed E-state index contributed by atoms with van der Waals surface area (Å²) in [5, 5.41) is 6.44. The number of hydrogen-bond donors (Lipinski definition) is 1. The van der Waals surface area contributed by atoms with Crippen molar-refractivity contribution in [1.29, 1.82) is 0 Å². The van der Waals surface area contributed by atoms with Crippen LogP contribution in [-0.2, 0) is 4.79 Å². The lowest BCUT2D eigenvalue weighted by atomic mass is 10.2. The average molecular weight is 340 g/mol. The molecule has 0 unspecified atom stereocenters. The maximum Gasteiger partial charge on any atom is 0.239 e. The van der Waals surface area contributed by atoms with Crippen molar-refractivity contribution in [1.82, 2.24) is 15.0 Å². The number of nitrogens with one attached hydrogen (secondary N) is 1. The van der Waals surface area contributed by atoms with Gasteiger partial charge in [0, 0.05) is 11.6 Å². The summed E-state index contributed by atoms with van der Waals surface area (Å²) in [4.78, 5) is 18.3. The Kier molecular flexibility index (Phi) is 4.95. The fraction of sp³-hybridized carbons (Fsp3) is 0.278. The number of rotatable bonds is 6. The minimum Gasteiger partial charge on any atom is -0.439 e. The number of hydrogen-bond acceptors (Lipinski definition) is 6. The van der Waals surface area contributed by atoms with Gasteiger partial charge in [0.25, 0.3) is 0 Å². The second-order valence-corrected chi connectivity index (χ2v) is 5.89. The van der Waals surface area contributed by atoms with Crippen LogP contribution in [0.5, 0.6) is 0 Å². The zero-order chi connectivity index (χ0) is 17.8. The predicted molar refractivity (Wildman–Crippen MR) is 92.9 cm³/mol. The van der Waals surface area contributed by atoms with Gasteiger partial charge in [-0.2, -0.15) is 0 Å². The molecule has 2 heterocycles. The first-order chi connectivity index (χ1) is 12.0. The van der Waals surface area contributed by atoms with Crippen LogP contribution < -0.4 is 5.32 Å². The Balaban J connectivity index is 1.61. The summed E-state index contributed by atoms with van der Waals surface area (Å²) >= 11 is 0. The molecule has 0 bridgehead atoms. The van der Waals surface area contributed by atoms with Gasteiger partial charge in [-0.15, -0.1) is 0 Å². The molecular formula is C18H20N4O3. The largest absolute Gasteiger partial charge is 0.439 e. The van der Waals surface area contributed by atoms with Crippen LogP contribution in [0, 0.1) is 6.92 Å². The molecule has 3 aromatic rings. The summed E-state index contributed by atoms with van der Waals surface area (Å²) in [5.74, 6) is 2.14. The third kappa shape index (κ3) is 4.13. The standard InChI is InChI=1S/C18H20N4O3/c1-12-9-16(21-25-12)20-17(23)11-22(3)13(2)18-19-10-15(24-18)14-7-5-4-6-8-14/h4-10,13H,11H2,1-3H3,(H,20,21,23)/t13-/m0/s1. The lowest BCUT2D eigenvalue weighted by Crippen LogP contribution is -2.32. The van der Waals surface area contributed by atoms with E-state index in [2.05, 4.69) is 15.5 Å². The molecule has 0 saturated carbocycles. The maximum absolute atomic E-state index is 12.1. The highest BCUT2D eigenvalue weighted by atomic mass is 16.5. The van der Waals surface area contributed by atoms with Gasteiger partial charge in [0.15, 0.2) is 11.6 Å². The number of anilines is 1. The van der Waals surface area contributed by atoms with Gasteiger partial charge in [-0.25, -0.2) is 4.98 Å². The van der Waals surface area contributed by atoms with Gasteiger partial charge in [0.2, 0.25) is 11.8 Å². The van der Waals surface area contributed by atoms with Crippen molar-refractivity contribution in [3.8, 4) is 11.3 Å². The fourth-order valence-corrected chi connectivity index (χ4v) is 2.38. The van der Waals surface area contributed by atoms with Crippen molar-refractivity contribution in [2.24, 2.45) is 0 Å². The van der Waals surface area contributed by atoms with E-state index in [0.717, 1.165) is 5.56 Å². The van der Waals surface area contributed by atoms with E-state index in [1.54, 1.807) is 19.2 Å². The minimum atomic E-state index is -0.183. The van der Waals surface area contributed by atoms with Crippen molar-refractivity contribution >= 4 is 11.7 Å². The predicted octanol–water partition coefficient (Wildman–Crippen LogP) is 3.27. The molecule has 1 atom stereocenters. The fourth-order valence-electron chi connectivity index (χ4n) is 2.38. The number of benzene rings is 1. The molecule has 0 aliphatic heterocycles. The Morgan fingerprint density at radius 2 is 2.08 bits per heavy atom. The van der Waals surface area contributed by atoms with Crippen LogP contribution in [0.15, 0.2) is 51.5 Å². The highest BCUT2D eigenvalue weighted by Gasteiger charge is 2.20. The van der Waals surface area contributed by atoms with Crippen LogP contribution >= 0.6 is 0 Å². The van der Waals surface area contributed by atoms with Gasteiger partial charge in [0.1, 0.15) is 5.76 Å². The van der Waals surface area contributed by atoms with Crippen molar-refractivity contribution < 1.29 is 13.7 Å². The zero-order valence-corrected chi connectivity index (χ0v) is 14.4. The molecule has 0 fully saturated rings.